The smallest absolute Gasteiger partial charge is 0.276 e. The number of ether oxygens (including phenoxy) is 1. The van der Waals surface area contributed by atoms with Crippen LogP contribution in [0.2, 0.25) is 0 Å². The molecule has 1 saturated heterocycles. The molecule has 6 nitrogen and oxygen atoms in total. The van der Waals surface area contributed by atoms with Crippen LogP contribution >= 0.6 is 0 Å². The average molecular weight is 340 g/mol. The standard InChI is InChI=1S/C19H24N4O2/c1-3-15-6-4-5-13-23(15)18-12-11-17(21-22-18)19(24)20-14-7-9-16(25-2)10-8-14/h7-12,15H,3-6,13H2,1-2H3,(H,20,24). The lowest BCUT2D eigenvalue weighted by Crippen LogP contribution is -2.39. The molecule has 6 heteroatoms. The first-order valence-electron chi connectivity index (χ1n) is 8.77. The van der Waals surface area contributed by atoms with Gasteiger partial charge in [-0.3, -0.25) is 4.79 Å². The van der Waals surface area contributed by atoms with Gasteiger partial charge in [0, 0.05) is 18.3 Å². The second kappa shape index (κ2) is 7.96. The van der Waals surface area contributed by atoms with Gasteiger partial charge in [0.25, 0.3) is 5.91 Å². The number of carbonyl (C=O) groups excluding carboxylic acids is 1. The summed E-state index contributed by atoms with van der Waals surface area (Å²) in [6, 6.07) is 11.3. The van der Waals surface area contributed by atoms with Gasteiger partial charge in [-0.1, -0.05) is 6.92 Å². The number of carbonyl (C=O) groups is 1. The summed E-state index contributed by atoms with van der Waals surface area (Å²) in [7, 11) is 1.61. The summed E-state index contributed by atoms with van der Waals surface area (Å²) in [5, 5.41) is 11.2. The molecular weight excluding hydrogens is 316 g/mol. The molecule has 1 atom stereocenters. The Morgan fingerprint density at radius 3 is 2.64 bits per heavy atom. The molecule has 1 N–H and O–H groups in total. The molecule has 1 aliphatic rings. The molecule has 0 spiro atoms. The van der Waals surface area contributed by atoms with Crippen LogP contribution in [-0.4, -0.2) is 35.8 Å². The molecule has 1 aromatic carbocycles. The summed E-state index contributed by atoms with van der Waals surface area (Å²) in [4.78, 5) is 14.6. The van der Waals surface area contributed by atoms with Crippen LogP contribution < -0.4 is 15.0 Å². The van der Waals surface area contributed by atoms with Crippen LogP contribution in [0.1, 0.15) is 43.1 Å². The number of rotatable bonds is 5. The Bertz CT molecular complexity index is 700. The molecule has 0 aliphatic carbocycles. The number of hydrogen-bond donors (Lipinski definition) is 1. The van der Waals surface area contributed by atoms with Gasteiger partial charge in [0.15, 0.2) is 11.5 Å². The van der Waals surface area contributed by atoms with Gasteiger partial charge in [-0.25, -0.2) is 0 Å². The molecule has 1 aromatic heterocycles. The molecule has 0 radical (unpaired) electrons. The van der Waals surface area contributed by atoms with Gasteiger partial charge in [0.05, 0.1) is 7.11 Å². The van der Waals surface area contributed by atoms with E-state index in [1.807, 2.05) is 6.07 Å². The fourth-order valence-corrected chi connectivity index (χ4v) is 3.20. The van der Waals surface area contributed by atoms with Crippen molar-refractivity contribution < 1.29 is 9.53 Å². The third-order valence-corrected chi connectivity index (χ3v) is 4.62. The Kier molecular flexibility index (Phi) is 5.48. The van der Waals surface area contributed by atoms with Crippen molar-refractivity contribution in [2.75, 3.05) is 23.9 Å². The summed E-state index contributed by atoms with van der Waals surface area (Å²) in [6.45, 7) is 3.21. The molecule has 0 bridgehead atoms. The van der Waals surface area contributed by atoms with E-state index in [1.54, 1.807) is 37.4 Å². The van der Waals surface area contributed by atoms with E-state index < -0.39 is 0 Å². The van der Waals surface area contributed by atoms with Gasteiger partial charge in [-0.2, -0.15) is 0 Å². The highest BCUT2D eigenvalue weighted by Gasteiger charge is 2.22. The summed E-state index contributed by atoms with van der Waals surface area (Å²) < 4.78 is 5.11. The van der Waals surface area contributed by atoms with Crippen molar-refractivity contribution in [1.29, 1.82) is 0 Å². The van der Waals surface area contributed by atoms with Gasteiger partial charge in [0.1, 0.15) is 5.75 Å². The van der Waals surface area contributed by atoms with Crippen molar-refractivity contribution in [1.82, 2.24) is 10.2 Å². The van der Waals surface area contributed by atoms with Crippen LogP contribution in [0, 0.1) is 0 Å². The monoisotopic (exact) mass is 340 g/mol. The Morgan fingerprint density at radius 2 is 2.00 bits per heavy atom. The van der Waals surface area contributed by atoms with Crippen LogP contribution in [0.3, 0.4) is 0 Å². The van der Waals surface area contributed by atoms with Crippen molar-refractivity contribution in [3.8, 4) is 5.75 Å². The Balaban J connectivity index is 1.67. The minimum Gasteiger partial charge on any atom is -0.497 e. The van der Waals surface area contributed by atoms with E-state index in [4.69, 9.17) is 4.74 Å². The number of piperidine rings is 1. The molecule has 25 heavy (non-hydrogen) atoms. The summed E-state index contributed by atoms with van der Waals surface area (Å²) in [5.74, 6) is 1.33. The number of nitrogens with one attached hydrogen (secondary N) is 1. The van der Waals surface area contributed by atoms with E-state index in [1.165, 1.54) is 19.3 Å². The van der Waals surface area contributed by atoms with Gasteiger partial charge in [-0.05, 0) is 62.1 Å². The molecule has 1 aliphatic heterocycles. The van der Waals surface area contributed by atoms with Gasteiger partial charge < -0.3 is 15.0 Å². The average Bonchev–Trinajstić information content (AvgIpc) is 2.68. The molecule has 1 fully saturated rings. The molecule has 3 rings (SSSR count). The Labute approximate surface area is 148 Å². The first-order valence-corrected chi connectivity index (χ1v) is 8.77. The topological polar surface area (TPSA) is 67.4 Å². The quantitative estimate of drug-likeness (QED) is 0.902. The van der Waals surface area contributed by atoms with Gasteiger partial charge in [-0.15, -0.1) is 10.2 Å². The lowest BCUT2D eigenvalue weighted by Gasteiger charge is -2.35. The predicted molar refractivity (Wildman–Crippen MR) is 98.3 cm³/mol. The molecule has 2 heterocycles. The molecular formula is C19H24N4O2. The van der Waals surface area contributed by atoms with Crippen molar-refractivity contribution >= 4 is 17.4 Å². The third kappa shape index (κ3) is 4.07. The lowest BCUT2D eigenvalue weighted by molar-refractivity contribution is 0.102. The summed E-state index contributed by atoms with van der Waals surface area (Å²) in [5.41, 5.74) is 1.00. The normalized spacial score (nSPS) is 17.2. The Morgan fingerprint density at radius 1 is 1.20 bits per heavy atom. The van der Waals surface area contributed by atoms with Crippen LogP contribution in [-0.2, 0) is 0 Å². The fraction of sp³-hybridized carbons (Fsp3) is 0.421. The number of methoxy groups -OCH3 is 1. The molecule has 1 unspecified atom stereocenters. The molecule has 0 saturated carbocycles. The maximum absolute atomic E-state index is 12.3. The zero-order valence-electron chi connectivity index (χ0n) is 14.7. The number of amides is 1. The first-order chi connectivity index (χ1) is 12.2. The largest absolute Gasteiger partial charge is 0.497 e. The lowest BCUT2D eigenvalue weighted by atomic mass is 10.0. The number of hydrogen-bond acceptors (Lipinski definition) is 5. The zero-order valence-corrected chi connectivity index (χ0v) is 14.7. The second-order valence-corrected chi connectivity index (χ2v) is 6.21. The number of anilines is 2. The van der Waals surface area contributed by atoms with E-state index in [0.717, 1.165) is 24.5 Å². The van der Waals surface area contributed by atoms with E-state index in [2.05, 4.69) is 27.3 Å². The van der Waals surface area contributed by atoms with Gasteiger partial charge >= 0.3 is 0 Å². The Hall–Kier alpha value is -2.63. The van der Waals surface area contributed by atoms with Crippen molar-refractivity contribution in [3.63, 3.8) is 0 Å². The minimum absolute atomic E-state index is 0.269. The fourth-order valence-electron chi connectivity index (χ4n) is 3.20. The number of benzene rings is 1. The van der Waals surface area contributed by atoms with E-state index in [9.17, 15) is 4.79 Å². The van der Waals surface area contributed by atoms with Crippen molar-refractivity contribution in [3.05, 3.63) is 42.1 Å². The predicted octanol–water partition coefficient (Wildman–Crippen LogP) is 3.51. The van der Waals surface area contributed by atoms with Crippen LogP contribution in [0.4, 0.5) is 11.5 Å². The number of nitrogens with zero attached hydrogens (tertiary/aromatic N) is 3. The van der Waals surface area contributed by atoms with Crippen molar-refractivity contribution in [2.45, 2.75) is 38.6 Å². The van der Waals surface area contributed by atoms with E-state index in [0.29, 0.717) is 17.4 Å². The highest BCUT2D eigenvalue weighted by Crippen LogP contribution is 2.24. The molecule has 132 valence electrons. The highest BCUT2D eigenvalue weighted by molar-refractivity contribution is 6.02. The molecule has 1 amide bonds. The zero-order chi connectivity index (χ0) is 17.6. The third-order valence-electron chi connectivity index (χ3n) is 4.62. The maximum atomic E-state index is 12.3. The van der Waals surface area contributed by atoms with Crippen molar-refractivity contribution in [2.24, 2.45) is 0 Å². The SMILES string of the molecule is CCC1CCCCN1c1ccc(C(=O)Nc2ccc(OC)cc2)nn1. The van der Waals surface area contributed by atoms with Crippen LogP contribution in [0.5, 0.6) is 5.75 Å². The van der Waals surface area contributed by atoms with Gasteiger partial charge in [0.2, 0.25) is 0 Å². The second-order valence-electron chi connectivity index (χ2n) is 6.21. The first kappa shape index (κ1) is 17.2. The number of aromatic nitrogens is 2. The van der Waals surface area contributed by atoms with E-state index in [-0.39, 0.29) is 5.91 Å². The summed E-state index contributed by atoms with van der Waals surface area (Å²) in [6.07, 6.45) is 4.74. The van der Waals surface area contributed by atoms with E-state index >= 15 is 0 Å². The van der Waals surface area contributed by atoms with Crippen LogP contribution in [0.15, 0.2) is 36.4 Å². The summed E-state index contributed by atoms with van der Waals surface area (Å²) >= 11 is 0. The minimum atomic E-state index is -0.269. The molecule has 2 aromatic rings. The highest BCUT2D eigenvalue weighted by atomic mass is 16.5. The maximum Gasteiger partial charge on any atom is 0.276 e. The van der Waals surface area contributed by atoms with Crippen LogP contribution in [0.25, 0.3) is 0 Å².